The van der Waals surface area contributed by atoms with Gasteiger partial charge in [0.25, 0.3) is 0 Å². The maximum Gasteiger partial charge on any atom is 0.229 e. The largest absolute Gasteiger partial charge is 0.508 e. The number of hydrogen-bond donors (Lipinski definition) is 14. The van der Waals surface area contributed by atoms with Gasteiger partial charge in [0.1, 0.15) is 65.0 Å². The minimum Gasteiger partial charge on any atom is -0.508 e. The van der Waals surface area contributed by atoms with Crippen molar-refractivity contribution < 1.29 is 85.7 Å². The van der Waals surface area contributed by atoms with E-state index in [9.17, 15) is 71.5 Å². The summed E-state index contributed by atoms with van der Waals surface area (Å²) < 4.78 is 16.9. The third-order valence-corrected chi connectivity index (χ3v) is 10.2. The fraction of sp³-hybridized carbons (Fsp3) is 0.350. The van der Waals surface area contributed by atoms with Crippen molar-refractivity contribution >= 4 is 12.2 Å². The van der Waals surface area contributed by atoms with Crippen LogP contribution < -0.4 is 4.74 Å². The van der Waals surface area contributed by atoms with Crippen molar-refractivity contribution in [1.29, 1.82) is 0 Å². The van der Waals surface area contributed by atoms with E-state index in [1.54, 1.807) is 18.2 Å². The average Bonchev–Trinajstić information content (AvgIpc) is 3.18. The van der Waals surface area contributed by atoms with Gasteiger partial charge in [-0.3, -0.25) is 0 Å². The van der Waals surface area contributed by atoms with E-state index in [2.05, 4.69) is 0 Å². The van der Waals surface area contributed by atoms with Crippen LogP contribution in [0.2, 0.25) is 0 Å². The summed E-state index contributed by atoms with van der Waals surface area (Å²) in [5.41, 5.74) is 0.337. The Morgan fingerprint density at radius 3 is 1.91 bits per heavy atom. The Kier molecular flexibility index (Phi) is 12.6. The second kappa shape index (κ2) is 17.2. The van der Waals surface area contributed by atoms with Gasteiger partial charge in [0, 0.05) is 35.1 Å². The lowest BCUT2D eigenvalue weighted by molar-refractivity contribution is -0.277. The number of phenolic OH excluding ortho intramolecular Hbond substituents is 5. The Morgan fingerprint density at radius 1 is 0.632 bits per heavy atom. The Hall–Kier alpha value is -5.02. The van der Waals surface area contributed by atoms with Crippen molar-refractivity contribution in [3.8, 4) is 34.5 Å². The molecular weight excluding hydrogens is 752 g/mol. The quantitative estimate of drug-likeness (QED) is 0.0899. The summed E-state index contributed by atoms with van der Waals surface area (Å²) in [5, 5.41) is 149. The molecule has 0 aromatic heterocycles. The van der Waals surface area contributed by atoms with Crippen LogP contribution in [0.15, 0.2) is 72.8 Å². The monoisotopic (exact) mass is 796 g/mol. The van der Waals surface area contributed by atoms with E-state index >= 15 is 0 Å². The van der Waals surface area contributed by atoms with E-state index < -0.39 is 104 Å². The highest BCUT2D eigenvalue weighted by molar-refractivity contribution is 5.75. The molecule has 306 valence electrons. The minimum atomic E-state index is -2.00. The zero-order chi connectivity index (χ0) is 41.3. The van der Waals surface area contributed by atoms with Crippen molar-refractivity contribution in [1.82, 2.24) is 0 Å². The van der Waals surface area contributed by atoms with Crippen LogP contribution in [0.4, 0.5) is 0 Å². The molecule has 0 unspecified atom stereocenters. The first-order chi connectivity index (χ1) is 27.1. The highest BCUT2D eigenvalue weighted by atomic mass is 16.7. The number of ether oxygens (including phenoxy) is 3. The molecule has 2 heterocycles. The summed E-state index contributed by atoms with van der Waals surface area (Å²) in [7, 11) is 0. The third-order valence-electron chi connectivity index (χ3n) is 10.2. The number of aromatic hydroxyl groups is 5. The van der Waals surface area contributed by atoms with Crippen LogP contribution in [0.5, 0.6) is 34.5 Å². The molecule has 4 aromatic rings. The maximum absolute atomic E-state index is 12.5. The van der Waals surface area contributed by atoms with Gasteiger partial charge in [0.2, 0.25) is 6.29 Å². The molecule has 17 heteroatoms. The maximum atomic E-state index is 12.5. The zero-order valence-electron chi connectivity index (χ0n) is 29.9. The number of benzene rings is 4. The molecule has 0 spiro atoms. The summed E-state index contributed by atoms with van der Waals surface area (Å²) in [6.07, 6.45) is -14.2. The van der Waals surface area contributed by atoms with Gasteiger partial charge in [-0.15, -0.1) is 0 Å². The third kappa shape index (κ3) is 8.50. The summed E-state index contributed by atoms with van der Waals surface area (Å²) in [6, 6.07) is 15.9. The fourth-order valence-corrected chi connectivity index (χ4v) is 7.23. The Balaban J connectivity index is 1.54. The lowest BCUT2D eigenvalue weighted by Crippen LogP contribution is -2.60. The molecule has 0 saturated carbocycles. The van der Waals surface area contributed by atoms with Crippen LogP contribution in [-0.2, 0) is 9.47 Å². The zero-order valence-corrected chi connectivity index (χ0v) is 29.9. The van der Waals surface area contributed by atoms with Crippen LogP contribution in [-0.4, -0.2) is 134 Å². The molecule has 6 rings (SSSR count). The Bertz CT molecular complexity index is 2020. The summed E-state index contributed by atoms with van der Waals surface area (Å²) in [6.45, 7) is -1.56. The minimum absolute atomic E-state index is 0.0129. The molecule has 57 heavy (non-hydrogen) atoms. The molecule has 2 aliphatic heterocycles. The van der Waals surface area contributed by atoms with Crippen molar-refractivity contribution in [2.45, 2.75) is 67.3 Å². The highest BCUT2D eigenvalue weighted by Gasteiger charge is 2.47. The van der Waals surface area contributed by atoms with Crippen LogP contribution in [0, 0.1) is 5.92 Å². The molecule has 12 atom stereocenters. The van der Waals surface area contributed by atoms with Crippen molar-refractivity contribution in [2.75, 3.05) is 13.2 Å². The molecule has 2 saturated heterocycles. The van der Waals surface area contributed by atoms with Crippen molar-refractivity contribution in [3.05, 3.63) is 106 Å². The van der Waals surface area contributed by atoms with Gasteiger partial charge >= 0.3 is 0 Å². The molecule has 2 aliphatic rings. The van der Waals surface area contributed by atoms with Crippen molar-refractivity contribution in [2.24, 2.45) is 5.92 Å². The molecular formula is C40H44O17. The van der Waals surface area contributed by atoms with Crippen LogP contribution in [0.25, 0.3) is 12.2 Å². The molecule has 17 nitrogen and oxygen atoms in total. The molecule has 14 N–H and O–H groups in total. The molecule has 0 bridgehead atoms. The molecule has 4 aromatic carbocycles. The van der Waals surface area contributed by atoms with Crippen LogP contribution in [0.3, 0.4) is 0 Å². The number of phenols is 5. The van der Waals surface area contributed by atoms with Gasteiger partial charge in [-0.25, -0.2) is 0 Å². The number of aliphatic hydroxyl groups excluding tert-OH is 9. The standard InChI is InChI=1S/C40H44O17/c41-15-25-33(49)36(52)39(54)57-38(25)31-24(12-22(45)13-26(31)46)32(48)30(18-5-9-21(44)10-6-18)29-19(4-1-17-2-7-20(43)8-3-17)11-23(14-27(29)47)55-40-37(53)35(51)34(50)28(16-42)56-40/h1-14,25,28,30,32-54H,15-16H2/b4-1+/t25-,28+,30-,32+,33-,34+,35-,36+,37+,38-,39+,40+/m0/s1. The van der Waals surface area contributed by atoms with E-state index in [-0.39, 0.29) is 45.1 Å². The smallest absolute Gasteiger partial charge is 0.229 e. The Morgan fingerprint density at radius 2 is 1.28 bits per heavy atom. The molecule has 0 aliphatic carbocycles. The Labute approximate surface area is 324 Å². The summed E-state index contributed by atoms with van der Waals surface area (Å²) in [5.74, 6) is -4.88. The number of aliphatic hydroxyl groups is 9. The first-order valence-electron chi connectivity index (χ1n) is 17.8. The van der Waals surface area contributed by atoms with Gasteiger partial charge in [-0.1, -0.05) is 36.4 Å². The first-order valence-corrected chi connectivity index (χ1v) is 17.8. The number of rotatable bonds is 11. The molecule has 0 amide bonds. The topological polar surface area (TPSA) is 311 Å². The molecule has 0 radical (unpaired) electrons. The first kappa shape index (κ1) is 41.6. The lowest BCUT2D eigenvalue weighted by atomic mass is 9.77. The number of hydrogen-bond acceptors (Lipinski definition) is 17. The van der Waals surface area contributed by atoms with Crippen LogP contribution in [0.1, 0.15) is 51.5 Å². The van der Waals surface area contributed by atoms with Gasteiger partial charge < -0.3 is 85.7 Å². The van der Waals surface area contributed by atoms with Crippen molar-refractivity contribution in [3.63, 3.8) is 0 Å². The predicted molar refractivity (Wildman–Crippen MR) is 197 cm³/mol. The predicted octanol–water partition coefficient (Wildman–Crippen LogP) is 0.149. The van der Waals surface area contributed by atoms with Crippen LogP contribution >= 0.6 is 0 Å². The van der Waals surface area contributed by atoms with Gasteiger partial charge in [-0.05, 0) is 58.7 Å². The summed E-state index contributed by atoms with van der Waals surface area (Å²) >= 11 is 0. The average molecular weight is 797 g/mol. The van der Waals surface area contributed by atoms with E-state index in [1.807, 2.05) is 0 Å². The van der Waals surface area contributed by atoms with Gasteiger partial charge in [0.05, 0.1) is 31.5 Å². The normalized spacial score (nSPS) is 28.9. The highest BCUT2D eigenvalue weighted by Crippen LogP contribution is 2.50. The molecule has 2 fully saturated rings. The second-order valence-electron chi connectivity index (χ2n) is 13.9. The SMILES string of the molecule is OC[C@H]1[C@H](O)[C@@H](O)[C@H](O)O[C@@H]1c1c(O)cc(O)cc1[C@@H](O)[C@@H](c1ccc(O)cc1)c1c(O)cc(O[C@@H]2O[C@H](CO)[C@@H](O)[C@H](O)[C@H]2O)cc1/C=C/c1ccc(O)cc1. The second-order valence-corrected chi connectivity index (χ2v) is 13.9. The summed E-state index contributed by atoms with van der Waals surface area (Å²) in [4.78, 5) is 0. The van der Waals surface area contributed by atoms with E-state index in [0.717, 1.165) is 18.2 Å². The van der Waals surface area contributed by atoms with Gasteiger partial charge in [0.15, 0.2) is 6.29 Å². The fourth-order valence-electron chi connectivity index (χ4n) is 7.23. The lowest BCUT2D eigenvalue weighted by Gasteiger charge is -2.41. The van der Waals surface area contributed by atoms with Gasteiger partial charge in [-0.2, -0.15) is 0 Å². The van der Waals surface area contributed by atoms with E-state index in [1.165, 1.54) is 48.5 Å². The van der Waals surface area contributed by atoms with E-state index in [4.69, 9.17) is 14.2 Å². The van der Waals surface area contributed by atoms with E-state index in [0.29, 0.717) is 5.56 Å².